The number of carbonyl (C=O) groups is 1. The highest BCUT2D eigenvalue weighted by atomic mass is 79.9. The molecule has 1 fully saturated rings. The average Bonchev–Trinajstić information content (AvgIpc) is 2.45. The Kier molecular flexibility index (Phi) is 5.59. The number of ketones is 1. The van der Waals surface area contributed by atoms with Gasteiger partial charge in [0.05, 0.1) is 6.10 Å². The summed E-state index contributed by atoms with van der Waals surface area (Å²) in [6.45, 7) is 2.43. The molecule has 2 rings (SSSR count). The van der Waals surface area contributed by atoms with Crippen LogP contribution in [0.3, 0.4) is 0 Å². The number of hydrogen-bond donors (Lipinski definition) is 0. The minimum absolute atomic E-state index is 0.0612. The van der Waals surface area contributed by atoms with Crippen molar-refractivity contribution >= 4 is 21.7 Å². The van der Waals surface area contributed by atoms with E-state index in [0.29, 0.717) is 5.56 Å². The molecule has 2 unspecified atom stereocenters. The molecule has 1 aromatic carbocycles. The van der Waals surface area contributed by atoms with Crippen LogP contribution in [-0.4, -0.2) is 18.5 Å². The fourth-order valence-corrected chi connectivity index (χ4v) is 3.23. The van der Waals surface area contributed by atoms with E-state index in [0.717, 1.165) is 23.2 Å². The number of hydrogen-bond acceptors (Lipinski definition) is 2. The third-order valence-electron chi connectivity index (χ3n) is 3.94. The molecule has 1 saturated carbocycles. The molecule has 2 atom stereocenters. The summed E-state index contributed by atoms with van der Waals surface area (Å²) in [4.78, 5) is 12.1. The predicted molar refractivity (Wildman–Crippen MR) is 80.5 cm³/mol. The topological polar surface area (TPSA) is 26.3 Å². The molecule has 3 heteroatoms. The second-order valence-corrected chi connectivity index (χ2v) is 6.13. The highest BCUT2D eigenvalue weighted by molar-refractivity contribution is 9.10. The second-order valence-electron chi connectivity index (χ2n) is 5.28. The molecule has 2 nitrogen and oxygen atoms in total. The Balaban J connectivity index is 1.85. The van der Waals surface area contributed by atoms with E-state index in [1.54, 1.807) is 0 Å². The van der Waals surface area contributed by atoms with Crippen molar-refractivity contribution in [2.45, 2.75) is 45.1 Å². The minimum atomic E-state index is 0.0612. The van der Waals surface area contributed by atoms with E-state index in [9.17, 15) is 4.79 Å². The van der Waals surface area contributed by atoms with Crippen LogP contribution in [0.15, 0.2) is 28.7 Å². The van der Waals surface area contributed by atoms with Gasteiger partial charge in [-0.25, -0.2) is 0 Å². The molecule has 0 heterocycles. The molecule has 1 aliphatic carbocycles. The number of Topliss-reactive ketones (excluding diaryl/α,β-unsaturated/α-hetero) is 1. The first kappa shape index (κ1) is 14.7. The van der Waals surface area contributed by atoms with Crippen LogP contribution in [0.1, 0.15) is 49.4 Å². The molecule has 0 aromatic heterocycles. The summed E-state index contributed by atoms with van der Waals surface area (Å²) < 4.78 is 6.66. The van der Waals surface area contributed by atoms with Crippen molar-refractivity contribution in [1.29, 1.82) is 0 Å². The number of ether oxygens (including phenoxy) is 1. The Morgan fingerprint density at radius 2 is 2.16 bits per heavy atom. The highest BCUT2D eigenvalue weighted by Gasteiger charge is 2.22. The smallest absolute Gasteiger partial charge is 0.189 e. The van der Waals surface area contributed by atoms with Gasteiger partial charge in [-0.3, -0.25) is 4.79 Å². The van der Waals surface area contributed by atoms with Gasteiger partial charge in [-0.2, -0.15) is 0 Å². The summed E-state index contributed by atoms with van der Waals surface area (Å²) in [5.74, 6) is 0.836. The van der Waals surface area contributed by atoms with Crippen LogP contribution in [0, 0.1) is 5.92 Å². The standard InChI is InChI=1S/C16H21BrO2/c1-2-12-6-5-7-13(10-12)19-11-16(18)14-8-3-4-9-15(14)17/h3-4,8-9,12-13H,2,5-7,10-11H2,1H3. The van der Waals surface area contributed by atoms with Crippen molar-refractivity contribution in [3.63, 3.8) is 0 Å². The van der Waals surface area contributed by atoms with Gasteiger partial charge in [-0.1, -0.05) is 60.3 Å². The zero-order valence-corrected chi connectivity index (χ0v) is 13.0. The van der Waals surface area contributed by atoms with Crippen molar-refractivity contribution in [2.24, 2.45) is 5.92 Å². The molecule has 0 spiro atoms. The molecule has 0 N–H and O–H groups in total. The zero-order valence-electron chi connectivity index (χ0n) is 11.4. The van der Waals surface area contributed by atoms with Gasteiger partial charge in [-0.15, -0.1) is 0 Å². The normalized spacial score (nSPS) is 23.3. The highest BCUT2D eigenvalue weighted by Crippen LogP contribution is 2.28. The first-order valence-electron chi connectivity index (χ1n) is 7.10. The van der Waals surface area contributed by atoms with Gasteiger partial charge >= 0.3 is 0 Å². The molecule has 0 saturated heterocycles. The molecule has 0 radical (unpaired) electrons. The number of carbonyl (C=O) groups excluding carboxylic acids is 1. The lowest BCUT2D eigenvalue weighted by Gasteiger charge is -2.28. The fourth-order valence-electron chi connectivity index (χ4n) is 2.72. The quantitative estimate of drug-likeness (QED) is 0.739. The van der Waals surface area contributed by atoms with Gasteiger partial charge in [-0.05, 0) is 24.8 Å². The van der Waals surface area contributed by atoms with Crippen LogP contribution in [0.4, 0.5) is 0 Å². The Labute approximate surface area is 123 Å². The van der Waals surface area contributed by atoms with Crippen LogP contribution in [0.5, 0.6) is 0 Å². The molecule has 1 aliphatic rings. The number of halogens is 1. The van der Waals surface area contributed by atoms with Gasteiger partial charge in [0, 0.05) is 10.0 Å². The lowest BCUT2D eigenvalue weighted by atomic mass is 9.85. The SMILES string of the molecule is CCC1CCCC(OCC(=O)c2ccccc2Br)C1. The van der Waals surface area contributed by atoms with E-state index >= 15 is 0 Å². The summed E-state index contributed by atoms with van der Waals surface area (Å²) >= 11 is 3.41. The average molecular weight is 325 g/mol. The van der Waals surface area contributed by atoms with Crippen molar-refractivity contribution in [3.8, 4) is 0 Å². The Bertz CT molecular complexity index is 431. The van der Waals surface area contributed by atoms with Gasteiger partial charge in [0.2, 0.25) is 0 Å². The van der Waals surface area contributed by atoms with Gasteiger partial charge in [0.15, 0.2) is 5.78 Å². The fraction of sp³-hybridized carbons (Fsp3) is 0.562. The van der Waals surface area contributed by atoms with E-state index in [1.165, 1.54) is 19.3 Å². The lowest BCUT2D eigenvalue weighted by molar-refractivity contribution is 0.0156. The molecular weight excluding hydrogens is 304 g/mol. The monoisotopic (exact) mass is 324 g/mol. The first-order valence-corrected chi connectivity index (χ1v) is 7.89. The van der Waals surface area contributed by atoms with Crippen molar-refractivity contribution < 1.29 is 9.53 Å². The number of rotatable bonds is 5. The van der Waals surface area contributed by atoms with Crippen LogP contribution >= 0.6 is 15.9 Å². The van der Waals surface area contributed by atoms with E-state index in [-0.39, 0.29) is 18.5 Å². The maximum absolute atomic E-state index is 12.1. The van der Waals surface area contributed by atoms with Gasteiger partial charge < -0.3 is 4.74 Å². The van der Waals surface area contributed by atoms with Crippen molar-refractivity contribution in [2.75, 3.05) is 6.61 Å². The minimum Gasteiger partial charge on any atom is -0.370 e. The van der Waals surface area contributed by atoms with Crippen LogP contribution in [-0.2, 0) is 4.74 Å². The summed E-state index contributed by atoms with van der Waals surface area (Å²) in [7, 11) is 0. The molecule has 104 valence electrons. The van der Waals surface area contributed by atoms with Crippen molar-refractivity contribution in [1.82, 2.24) is 0 Å². The zero-order chi connectivity index (χ0) is 13.7. The lowest BCUT2D eigenvalue weighted by Crippen LogP contribution is -2.25. The van der Waals surface area contributed by atoms with Crippen molar-refractivity contribution in [3.05, 3.63) is 34.3 Å². The maximum atomic E-state index is 12.1. The Hall–Kier alpha value is -0.670. The predicted octanol–water partition coefficient (Wildman–Crippen LogP) is 4.62. The number of benzene rings is 1. The van der Waals surface area contributed by atoms with Crippen LogP contribution in [0.25, 0.3) is 0 Å². The van der Waals surface area contributed by atoms with Crippen LogP contribution in [0.2, 0.25) is 0 Å². The van der Waals surface area contributed by atoms with Gasteiger partial charge in [0.1, 0.15) is 6.61 Å². The summed E-state index contributed by atoms with van der Waals surface area (Å²) in [5, 5.41) is 0. The molecule has 0 bridgehead atoms. The maximum Gasteiger partial charge on any atom is 0.189 e. The molecule has 0 aliphatic heterocycles. The molecular formula is C16H21BrO2. The molecule has 0 amide bonds. The van der Waals surface area contributed by atoms with E-state index in [4.69, 9.17) is 4.74 Å². The third kappa shape index (κ3) is 4.15. The summed E-state index contributed by atoms with van der Waals surface area (Å²) in [5.41, 5.74) is 0.713. The van der Waals surface area contributed by atoms with E-state index in [2.05, 4.69) is 22.9 Å². The Morgan fingerprint density at radius 3 is 2.89 bits per heavy atom. The molecule has 1 aromatic rings. The van der Waals surface area contributed by atoms with Crippen LogP contribution < -0.4 is 0 Å². The Morgan fingerprint density at radius 1 is 1.37 bits per heavy atom. The van der Waals surface area contributed by atoms with E-state index in [1.807, 2.05) is 24.3 Å². The first-order chi connectivity index (χ1) is 9.20. The summed E-state index contributed by atoms with van der Waals surface area (Å²) in [6.07, 6.45) is 6.24. The van der Waals surface area contributed by atoms with E-state index < -0.39 is 0 Å². The second kappa shape index (κ2) is 7.20. The largest absolute Gasteiger partial charge is 0.370 e. The molecule has 19 heavy (non-hydrogen) atoms. The van der Waals surface area contributed by atoms with Gasteiger partial charge in [0.25, 0.3) is 0 Å². The summed E-state index contributed by atoms with van der Waals surface area (Å²) in [6, 6.07) is 7.52. The third-order valence-corrected chi connectivity index (χ3v) is 4.63.